The number of aromatic nitrogens is 1. The van der Waals surface area contributed by atoms with Crippen LogP contribution in [-0.2, 0) is 4.79 Å². The van der Waals surface area contributed by atoms with Crippen molar-refractivity contribution in [3.8, 4) is 0 Å². The number of benzene rings is 2. The number of thiol groups is 1. The number of carbonyl (C=O) groups is 2. The third-order valence-electron chi connectivity index (χ3n) is 4.61. The van der Waals surface area contributed by atoms with Crippen LogP contribution in [0, 0.1) is 0 Å². The molecule has 0 saturated heterocycles. The lowest BCUT2D eigenvalue weighted by atomic mass is 9.97. The minimum atomic E-state index is -0.819. The van der Waals surface area contributed by atoms with Crippen LogP contribution >= 0.6 is 24.4 Å². The highest BCUT2D eigenvalue weighted by atomic mass is 35.5. The Hall–Kier alpha value is -3.29. The Kier molecular flexibility index (Phi) is 8.30. The molecule has 32 heavy (non-hydrogen) atoms. The number of pyridine rings is 1. The molecule has 3 rings (SSSR count). The summed E-state index contributed by atoms with van der Waals surface area (Å²) in [6.07, 6.45) is 6.67. The molecule has 8 heteroatoms. The molecule has 2 N–H and O–H groups in total. The van der Waals surface area contributed by atoms with Gasteiger partial charge in [0.2, 0.25) is 0 Å². The van der Waals surface area contributed by atoms with E-state index < -0.39 is 12.0 Å². The van der Waals surface area contributed by atoms with Crippen molar-refractivity contribution in [3.05, 3.63) is 95.3 Å². The van der Waals surface area contributed by atoms with Crippen molar-refractivity contribution in [3.63, 3.8) is 0 Å². The topological polar surface area (TPSA) is 82.5 Å². The van der Waals surface area contributed by atoms with Crippen molar-refractivity contribution >= 4 is 53.4 Å². The number of aliphatic carboxylic acids is 1. The predicted octanol–water partition coefficient (Wildman–Crippen LogP) is 6.30. The van der Waals surface area contributed by atoms with Crippen LogP contribution in [0.3, 0.4) is 0 Å². The third kappa shape index (κ3) is 6.60. The van der Waals surface area contributed by atoms with Crippen molar-refractivity contribution in [1.82, 2.24) is 4.98 Å². The summed E-state index contributed by atoms with van der Waals surface area (Å²) >= 11 is 10.3. The zero-order valence-corrected chi connectivity index (χ0v) is 18.8. The SMILES string of the molecule is O=C(O)CCCC=C(c1cccnc1)c1cccc(N(S)C(=O)Nc2ccc(Cl)cc2)c1. The fourth-order valence-corrected chi connectivity index (χ4v) is 3.36. The van der Waals surface area contributed by atoms with Gasteiger partial charge in [-0.3, -0.25) is 9.78 Å². The molecule has 1 heterocycles. The van der Waals surface area contributed by atoms with Gasteiger partial charge in [0.05, 0.1) is 5.69 Å². The fourth-order valence-electron chi connectivity index (χ4n) is 3.06. The number of anilines is 2. The molecule has 1 aromatic heterocycles. The maximum Gasteiger partial charge on any atom is 0.336 e. The Balaban J connectivity index is 1.83. The summed E-state index contributed by atoms with van der Waals surface area (Å²) in [4.78, 5) is 27.7. The Labute approximate surface area is 197 Å². The van der Waals surface area contributed by atoms with Crippen LogP contribution in [0.25, 0.3) is 5.57 Å². The quantitative estimate of drug-likeness (QED) is 0.268. The van der Waals surface area contributed by atoms with Crippen molar-refractivity contribution < 1.29 is 14.7 Å². The second-order valence-corrected chi connectivity index (χ2v) is 7.78. The summed E-state index contributed by atoms with van der Waals surface area (Å²) in [6.45, 7) is 0. The molecule has 0 fully saturated rings. The molecule has 0 saturated carbocycles. The number of rotatable bonds is 8. The highest BCUT2D eigenvalue weighted by Crippen LogP contribution is 2.28. The molecule has 2 amide bonds. The summed E-state index contributed by atoms with van der Waals surface area (Å²) in [5.41, 5.74) is 3.85. The number of amides is 2. The maximum absolute atomic E-state index is 12.6. The van der Waals surface area contributed by atoms with E-state index >= 15 is 0 Å². The van der Waals surface area contributed by atoms with Crippen LogP contribution in [0.1, 0.15) is 30.4 Å². The zero-order valence-electron chi connectivity index (χ0n) is 17.1. The fraction of sp³-hybridized carbons (Fsp3) is 0.125. The number of unbranched alkanes of at least 4 members (excludes halogenated alkanes) is 1. The van der Waals surface area contributed by atoms with Crippen molar-refractivity contribution in [2.45, 2.75) is 19.3 Å². The normalized spacial score (nSPS) is 11.1. The number of carboxylic acids is 1. The number of allylic oxidation sites excluding steroid dienone is 1. The Bertz CT molecular complexity index is 1100. The van der Waals surface area contributed by atoms with E-state index in [-0.39, 0.29) is 6.42 Å². The molecular weight excluding hydrogens is 446 g/mol. The van der Waals surface area contributed by atoms with E-state index in [1.807, 2.05) is 36.4 Å². The van der Waals surface area contributed by atoms with Gasteiger partial charge in [-0.25, -0.2) is 9.10 Å². The molecule has 0 atom stereocenters. The van der Waals surface area contributed by atoms with Crippen LogP contribution in [0.2, 0.25) is 5.02 Å². The van der Waals surface area contributed by atoms with Gasteiger partial charge in [-0.1, -0.05) is 48.7 Å². The lowest BCUT2D eigenvalue weighted by Crippen LogP contribution is -2.26. The standard InChI is InChI=1S/C24H22ClN3O3S/c25-19-10-12-20(13-11-19)27-24(31)28(32)21-7-3-5-17(15-21)22(8-1-2-9-23(29)30)18-6-4-14-26-16-18/h3-8,10-16,32H,1-2,9H2,(H,27,31)(H,29,30). The van der Waals surface area contributed by atoms with E-state index in [0.717, 1.165) is 16.7 Å². The van der Waals surface area contributed by atoms with Gasteiger partial charge in [0.1, 0.15) is 0 Å². The summed E-state index contributed by atoms with van der Waals surface area (Å²) in [7, 11) is 0. The number of urea groups is 1. The van der Waals surface area contributed by atoms with Gasteiger partial charge in [0.25, 0.3) is 0 Å². The van der Waals surface area contributed by atoms with Crippen molar-refractivity contribution in [2.75, 3.05) is 9.62 Å². The average molecular weight is 468 g/mol. The van der Waals surface area contributed by atoms with Crippen LogP contribution < -0.4 is 9.62 Å². The van der Waals surface area contributed by atoms with Gasteiger partial charge in [0, 0.05) is 35.1 Å². The zero-order chi connectivity index (χ0) is 22.9. The molecular formula is C24H22ClN3O3S. The first-order chi connectivity index (χ1) is 15.4. The molecule has 0 aliphatic heterocycles. The molecule has 0 radical (unpaired) electrons. The molecule has 6 nitrogen and oxygen atoms in total. The number of hydrogen-bond acceptors (Lipinski definition) is 4. The number of carbonyl (C=O) groups excluding carboxylic acids is 1. The largest absolute Gasteiger partial charge is 0.481 e. The highest BCUT2D eigenvalue weighted by Gasteiger charge is 2.14. The summed E-state index contributed by atoms with van der Waals surface area (Å²) in [5.74, 6) is -0.819. The Morgan fingerprint density at radius 3 is 2.53 bits per heavy atom. The first-order valence-electron chi connectivity index (χ1n) is 9.92. The molecule has 0 aliphatic carbocycles. The van der Waals surface area contributed by atoms with Crippen molar-refractivity contribution in [2.24, 2.45) is 0 Å². The highest BCUT2D eigenvalue weighted by molar-refractivity contribution is 7.82. The molecule has 0 aliphatic rings. The summed E-state index contributed by atoms with van der Waals surface area (Å²) in [5, 5.41) is 12.2. The van der Waals surface area contributed by atoms with E-state index in [1.165, 1.54) is 4.31 Å². The lowest BCUT2D eigenvalue weighted by molar-refractivity contribution is -0.137. The average Bonchev–Trinajstić information content (AvgIpc) is 2.80. The Morgan fingerprint density at radius 2 is 1.84 bits per heavy atom. The van der Waals surface area contributed by atoms with E-state index in [4.69, 9.17) is 16.7 Å². The van der Waals surface area contributed by atoms with Gasteiger partial charge in [-0.2, -0.15) is 0 Å². The van der Waals surface area contributed by atoms with E-state index in [0.29, 0.717) is 29.2 Å². The molecule has 3 aromatic rings. The van der Waals surface area contributed by atoms with E-state index in [2.05, 4.69) is 23.1 Å². The second kappa shape index (κ2) is 11.4. The Morgan fingerprint density at radius 1 is 1.09 bits per heavy atom. The molecule has 0 spiro atoms. The number of carboxylic acid groups (broad SMARTS) is 1. The van der Waals surface area contributed by atoms with Crippen LogP contribution in [0.15, 0.2) is 79.1 Å². The molecule has 2 aromatic carbocycles. The van der Waals surface area contributed by atoms with E-state index in [1.54, 1.807) is 42.7 Å². The van der Waals surface area contributed by atoms with Gasteiger partial charge >= 0.3 is 12.0 Å². The first-order valence-corrected chi connectivity index (χ1v) is 10.7. The van der Waals surface area contributed by atoms with Crippen LogP contribution in [-0.4, -0.2) is 22.1 Å². The van der Waals surface area contributed by atoms with Gasteiger partial charge < -0.3 is 10.4 Å². The summed E-state index contributed by atoms with van der Waals surface area (Å²) in [6, 6.07) is 17.6. The van der Waals surface area contributed by atoms with Gasteiger partial charge in [-0.05, 0) is 66.4 Å². The van der Waals surface area contributed by atoms with Crippen molar-refractivity contribution in [1.29, 1.82) is 0 Å². The van der Waals surface area contributed by atoms with Gasteiger partial charge in [0.15, 0.2) is 0 Å². The smallest absolute Gasteiger partial charge is 0.336 e. The summed E-state index contributed by atoms with van der Waals surface area (Å²) < 4.78 is 1.23. The minimum absolute atomic E-state index is 0.103. The number of nitrogens with zero attached hydrogens (tertiary/aromatic N) is 2. The van der Waals surface area contributed by atoms with Gasteiger partial charge in [-0.15, -0.1) is 0 Å². The van der Waals surface area contributed by atoms with E-state index in [9.17, 15) is 9.59 Å². The predicted molar refractivity (Wildman–Crippen MR) is 131 cm³/mol. The number of nitrogens with one attached hydrogen (secondary N) is 1. The monoisotopic (exact) mass is 467 g/mol. The maximum atomic E-state index is 12.6. The van der Waals surface area contributed by atoms with Crippen LogP contribution in [0.5, 0.6) is 0 Å². The molecule has 164 valence electrons. The molecule has 0 unspecified atom stereocenters. The third-order valence-corrected chi connectivity index (χ3v) is 5.27. The number of hydrogen-bond donors (Lipinski definition) is 3. The minimum Gasteiger partial charge on any atom is -0.481 e. The molecule has 0 bridgehead atoms. The second-order valence-electron chi connectivity index (χ2n) is 6.94. The lowest BCUT2D eigenvalue weighted by Gasteiger charge is -2.18. The van der Waals surface area contributed by atoms with Crippen LogP contribution in [0.4, 0.5) is 16.2 Å². The number of halogens is 1. The first kappa shape index (κ1) is 23.4.